The Labute approximate surface area is 123 Å². The highest BCUT2D eigenvalue weighted by molar-refractivity contribution is 6.30. The number of nitrogens with one attached hydrogen (secondary N) is 1. The van der Waals surface area contributed by atoms with Crippen LogP contribution in [0.2, 0.25) is 5.02 Å². The highest BCUT2D eigenvalue weighted by Crippen LogP contribution is 2.24. The molecule has 0 saturated carbocycles. The lowest BCUT2D eigenvalue weighted by molar-refractivity contribution is 0.340. The van der Waals surface area contributed by atoms with E-state index in [-0.39, 0.29) is 0 Å². The van der Waals surface area contributed by atoms with Crippen LogP contribution in [0.15, 0.2) is 48.5 Å². The second-order valence-electron chi connectivity index (χ2n) is 4.22. The van der Waals surface area contributed by atoms with Crippen LogP contribution in [-0.4, -0.2) is 6.61 Å². The fraction of sp³-hybridized carbons (Fsp3) is 0.188. The van der Waals surface area contributed by atoms with Gasteiger partial charge in [-0.2, -0.15) is 5.26 Å². The van der Waals surface area contributed by atoms with Gasteiger partial charge in [-0.1, -0.05) is 29.8 Å². The van der Waals surface area contributed by atoms with Gasteiger partial charge in [0.1, 0.15) is 11.8 Å². The van der Waals surface area contributed by atoms with Gasteiger partial charge in [-0.25, -0.2) is 0 Å². The van der Waals surface area contributed by atoms with Crippen molar-refractivity contribution < 1.29 is 4.74 Å². The van der Waals surface area contributed by atoms with Crippen LogP contribution in [-0.2, 0) is 0 Å². The second kappa shape index (κ2) is 6.83. The minimum atomic E-state index is -0.450. The van der Waals surface area contributed by atoms with Crippen molar-refractivity contribution in [2.45, 2.75) is 13.0 Å². The molecule has 1 N–H and O–H groups in total. The number of anilines is 1. The molecule has 0 spiro atoms. The smallest absolute Gasteiger partial charge is 0.140 e. The number of benzene rings is 2. The summed E-state index contributed by atoms with van der Waals surface area (Å²) in [5, 5.41) is 13.1. The first-order valence-electron chi connectivity index (χ1n) is 6.37. The Kier molecular flexibility index (Phi) is 4.86. The molecule has 0 aliphatic heterocycles. The zero-order chi connectivity index (χ0) is 14.4. The first-order chi connectivity index (χ1) is 9.72. The van der Waals surface area contributed by atoms with E-state index < -0.39 is 6.04 Å². The Morgan fingerprint density at radius 3 is 2.75 bits per heavy atom. The number of nitrogens with zero attached hydrogens (tertiary/aromatic N) is 1. The molecule has 3 nitrogen and oxygen atoms in total. The molecule has 0 saturated heterocycles. The molecular weight excluding hydrogens is 272 g/mol. The van der Waals surface area contributed by atoms with Crippen LogP contribution >= 0.6 is 11.6 Å². The Balaban J connectivity index is 2.20. The van der Waals surface area contributed by atoms with E-state index in [0.29, 0.717) is 11.6 Å². The van der Waals surface area contributed by atoms with Crippen molar-refractivity contribution in [1.82, 2.24) is 0 Å². The molecule has 0 aliphatic carbocycles. The van der Waals surface area contributed by atoms with E-state index in [2.05, 4.69) is 11.4 Å². The summed E-state index contributed by atoms with van der Waals surface area (Å²) in [5.74, 6) is 0.762. The van der Waals surface area contributed by atoms with E-state index in [1.807, 2.05) is 43.3 Å². The van der Waals surface area contributed by atoms with Crippen molar-refractivity contribution in [2.75, 3.05) is 11.9 Å². The molecule has 1 unspecified atom stereocenters. The molecule has 0 amide bonds. The first-order valence-corrected chi connectivity index (χ1v) is 6.75. The number of halogens is 1. The SMILES string of the molecule is CCOc1cccc(C(C#N)Nc2cccc(Cl)c2)c1. The minimum absolute atomic E-state index is 0.450. The molecule has 0 radical (unpaired) electrons. The fourth-order valence-electron chi connectivity index (χ4n) is 1.89. The van der Waals surface area contributed by atoms with Crippen molar-refractivity contribution in [1.29, 1.82) is 5.26 Å². The minimum Gasteiger partial charge on any atom is -0.494 e. The Bertz CT molecular complexity index is 622. The van der Waals surface area contributed by atoms with Crippen LogP contribution in [0.3, 0.4) is 0 Å². The molecule has 102 valence electrons. The predicted molar refractivity (Wildman–Crippen MR) is 81.0 cm³/mol. The number of hydrogen-bond acceptors (Lipinski definition) is 3. The topological polar surface area (TPSA) is 45.0 Å². The molecule has 0 bridgehead atoms. The van der Waals surface area contributed by atoms with E-state index in [0.717, 1.165) is 17.0 Å². The van der Waals surface area contributed by atoms with Gasteiger partial charge in [0.05, 0.1) is 12.7 Å². The zero-order valence-electron chi connectivity index (χ0n) is 11.1. The Hall–Kier alpha value is -2.18. The van der Waals surface area contributed by atoms with E-state index in [9.17, 15) is 5.26 Å². The number of nitriles is 1. The third-order valence-electron chi connectivity index (χ3n) is 2.77. The third kappa shape index (κ3) is 3.66. The van der Waals surface area contributed by atoms with Crippen LogP contribution in [0.25, 0.3) is 0 Å². The maximum Gasteiger partial charge on any atom is 0.140 e. The Morgan fingerprint density at radius 2 is 2.05 bits per heavy atom. The summed E-state index contributed by atoms with van der Waals surface area (Å²) in [7, 11) is 0. The van der Waals surface area contributed by atoms with Crippen LogP contribution in [0, 0.1) is 11.3 Å². The highest BCUT2D eigenvalue weighted by atomic mass is 35.5. The quantitative estimate of drug-likeness (QED) is 0.885. The van der Waals surface area contributed by atoms with Crippen LogP contribution in [0.4, 0.5) is 5.69 Å². The van der Waals surface area contributed by atoms with Gasteiger partial charge in [0.2, 0.25) is 0 Å². The second-order valence-corrected chi connectivity index (χ2v) is 4.66. The van der Waals surface area contributed by atoms with Gasteiger partial charge in [0, 0.05) is 10.7 Å². The molecular formula is C16H15ClN2O. The van der Waals surface area contributed by atoms with Crippen molar-refractivity contribution in [3.63, 3.8) is 0 Å². The Morgan fingerprint density at radius 1 is 1.25 bits per heavy atom. The van der Waals surface area contributed by atoms with Gasteiger partial charge in [-0.15, -0.1) is 0 Å². The summed E-state index contributed by atoms with van der Waals surface area (Å²) in [4.78, 5) is 0. The zero-order valence-corrected chi connectivity index (χ0v) is 11.9. The van der Waals surface area contributed by atoms with Crippen LogP contribution in [0.1, 0.15) is 18.5 Å². The van der Waals surface area contributed by atoms with E-state index >= 15 is 0 Å². The molecule has 0 fully saturated rings. The molecule has 4 heteroatoms. The van der Waals surface area contributed by atoms with Gasteiger partial charge < -0.3 is 10.1 Å². The van der Waals surface area contributed by atoms with Gasteiger partial charge in [0.15, 0.2) is 0 Å². The number of rotatable bonds is 5. The van der Waals surface area contributed by atoms with Gasteiger partial charge in [-0.05, 0) is 42.8 Å². The maximum atomic E-state index is 9.34. The predicted octanol–water partition coefficient (Wildman–Crippen LogP) is 4.42. The molecule has 0 heterocycles. The summed E-state index contributed by atoms with van der Waals surface area (Å²) >= 11 is 5.94. The highest BCUT2D eigenvalue weighted by Gasteiger charge is 2.11. The molecule has 2 aromatic rings. The van der Waals surface area contributed by atoms with Gasteiger partial charge in [0.25, 0.3) is 0 Å². The van der Waals surface area contributed by atoms with Crippen molar-refractivity contribution in [3.05, 3.63) is 59.1 Å². The first kappa shape index (κ1) is 14.2. The molecule has 0 aliphatic rings. The lowest BCUT2D eigenvalue weighted by atomic mass is 10.1. The van der Waals surface area contributed by atoms with E-state index in [1.54, 1.807) is 12.1 Å². The maximum absolute atomic E-state index is 9.34. The summed E-state index contributed by atoms with van der Waals surface area (Å²) in [6.45, 7) is 2.53. The summed E-state index contributed by atoms with van der Waals surface area (Å²) < 4.78 is 5.45. The summed E-state index contributed by atoms with van der Waals surface area (Å²) in [5.41, 5.74) is 1.67. The standard InChI is InChI=1S/C16H15ClN2O/c1-2-20-15-8-3-5-12(9-15)16(11-18)19-14-7-4-6-13(17)10-14/h3-10,16,19H,2H2,1H3. The average Bonchev–Trinajstić information content (AvgIpc) is 2.45. The van der Waals surface area contributed by atoms with Crippen molar-refractivity contribution >= 4 is 17.3 Å². The molecule has 0 aromatic heterocycles. The number of ether oxygens (including phenoxy) is 1. The van der Waals surface area contributed by atoms with E-state index in [4.69, 9.17) is 16.3 Å². The van der Waals surface area contributed by atoms with Gasteiger partial charge >= 0.3 is 0 Å². The fourth-order valence-corrected chi connectivity index (χ4v) is 2.08. The van der Waals surface area contributed by atoms with Crippen LogP contribution in [0.5, 0.6) is 5.75 Å². The largest absolute Gasteiger partial charge is 0.494 e. The molecule has 2 rings (SSSR count). The normalized spacial score (nSPS) is 11.4. The lowest BCUT2D eigenvalue weighted by Crippen LogP contribution is -2.08. The average molecular weight is 287 g/mol. The van der Waals surface area contributed by atoms with Crippen molar-refractivity contribution in [3.8, 4) is 11.8 Å². The molecule has 20 heavy (non-hydrogen) atoms. The van der Waals surface area contributed by atoms with Gasteiger partial charge in [-0.3, -0.25) is 0 Å². The van der Waals surface area contributed by atoms with Crippen LogP contribution < -0.4 is 10.1 Å². The monoisotopic (exact) mass is 286 g/mol. The van der Waals surface area contributed by atoms with Crippen molar-refractivity contribution in [2.24, 2.45) is 0 Å². The third-order valence-corrected chi connectivity index (χ3v) is 3.00. The number of hydrogen-bond donors (Lipinski definition) is 1. The molecule has 2 aromatic carbocycles. The lowest BCUT2D eigenvalue weighted by Gasteiger charge is -2.14. The van der Waals surface area contributed by atoms with E-state index in [1.165, 1.54) is 0 Å². The molecule has 1 atom stereocenters. The summed E-state index contributed by atoms with van der Waals surface area (Å²) in [6, 6.07) is 16.6. The summed E-state index contributed by atoms with van der Waals surface area (Å²) in [6.07, 6.45) is 0.